The molecule has 0 aliphatic heterocycles. The fourth-order valence-electron chi connectivity index (χ4n) is 2.21. The Hall–Kier alpha value is -2.47. The molecule has 0 aliphatic rings. The highest BCUT2D eigenvalue weighted by Gasteiger charge is 2.09. The molecule has 0 aliphatic carbocycles. The molecule has 0 spiro atoms. The van der Waals surface area contributed by atoms with E-state index in [1.165, 1.54) is 5.56 Å². The van der Waals surface area contributed by atoms with E-state index < -0.39 is 0 Å². The van der Waals surface area contributed by atoms with E-state index in [1.54, 1.807) is 25.3 Å². The fraction of sp³-hybridized carbons (Fsp3) is 0.278. The van der Waals surface area contributed by atoms with Crippen molar-refractivity contribution >= 4 is 0 Å². The molecule has 0 N–H and O–H groups in total. The van der Waals surface area contributed by atoms with Crippen LogP contribution >= 0.6 is 0 Å². The Kier molecular flexibility index (Phi) is 4.84. The molecule has 0 radical (unpaired) electrons. The summed E-state index contributed by atoms with van der Waals surface area (Å²) in [5.74, 6) is 2.00. The van der Waals surface area contributed by atoms with Crippen molar-refractivity contribution in [3.63, 3.8) is 0 Å². The van der Waals surface area contributed by atoms with E-state index in [0.29, 0.717) is 18.1 Å². The summed E-state index contributed by atoms with van der Waals surface area (Å²) in [7, 11) is 1.62. The molecule has 0 saturated carbocycles. The second-order valence-corrected chi connectivity index (χ2v) is 5.12. The Morgan fingerprint density at radius 3 is 2.52 bits per heavy atom. The maximum Gasteiger partial charge on any atom is 0.125 e. The molecule has 0 atom stereocenters. The van der Waals surface area contributed by atoms with Crippen molar-refractivity contribution in [3.8, 4) is 17.6 Å². The molecule has 0 amide bonds. The minimum atomic E-state index is 0.377. The standard InChI is InChI=1S/C18H19NO2/c1-13(2)16-6-4-5-7-18(16)21-12-15-10-14(11-19)8-9-17(15)20-3/h4-10,13H,12H2,1-3H3. The molecule has 108 valence electrons. The summed E-state index contributed by atoms with van der Waals surface area (Å²) < 4.78 is 11.3. The summed E-state index contributed by atoms with van der Waals surface area (Å²) in [4.78, 5) is 0. The zero-order valence-electron chi connectivity index (χ0n) is 12.6. The molecule has 2 aromatic rings. The molecule has 0 bridgehead atoms. The van der Waals surface area contributed by atoms with E-state index in [4.69, 9.17) is 14.7 Å². The largest absolute Gasteiger partial charge is 0.496 e. The predicted molar refractivity (Wildman–Crippen MR) is 82.6 cm³/mol. The number of rotatable bonds is 5. The summed E-state index contributed by atoms with van der Waals surface area (Å²) in [6, 6.07) is 15.5. The zero-order valence-corrected chi connectivity index (χ0v) is 12.6. The number of hydrogen-bond donors (Lipinski definition) is 0. The van der Waals surface area contributed by atoms with Crippen LogP contribution in [0.1, 0.15) is 36.5 Å². The van der Waals surface area contributed by atoms with E-state index in [1.807, 2.05) is 18.2 Å². The summed E-state index contributed by atoms with van der Waals surface area (Å²) in [6.07, 6.45) is 0. The van der Waals surface area contributed by atoms with Crippen LogP contribution in [-0.4, -0.2) is 7.11 Å². The van der Waals surface area contributed by atoms with Crippen LogP contribution in [0.2, 0.25) is 0 Å². The normalized spacial score (nSPS) is 10.2. The zero-order chi connectivity index (χ0) is 15.2. The molecule has 2 aromatic carbocycles. The first kappa shape index (κ1) is 14.9. The average Bonchev–Trinajstić information content (AvgIpc) is 2.52. The minimum absolute atomic E-state index is 0.377. The topological polar surface area (TPSA) is 42.2 Å². The summed E-state index contributed by atoms with van der Waals surface area (Å²) >= 11 is 0. The highest BCUT2D eigenvalue weighted by molar-refractivity contribution is 5.42. The third-order valence-corrected chi connectivity index (χ3v) is 3.33. The van der Waals surface area contributed by atoms with Gasteiger partial charge in [0.1, 0.15) is 18.1 Å². The van der Waals surface area contributed by atoms with Crippen LogP contribution in [0.25, 0.3) is 0 Å². The van der Waals surface area contributed by atoms with Crippen LogP contribution < -0.4 is 9.47 Å². The van der Waals surface area contributed by atoms with E-state index >= 15 is 0 Å². The first-order chi connectivity index (χ1) is 10.2. The van der Waals surface area contributed by atoms with E-state index in [-0.39, 0.29) is 0 Å². The quantitative estimate of drug-likeness (QED) is 0.822. The number of nitrogens with zero attached hydrogens (tertiary/aromatic N) is 1. The average molecular weight is 281 g/mol. The SMILES string of the molecule is COc1ccc(C#N)cc1COc1ccccc1C(C)C. The molecule has 2 rings (SSSR count). The van der Waals surface area contributed by atoms with Gasteiger partial charge in [0.2, 0.25) is 0 Å². The lowest BCUT2D eigenvalue weighted by Crippen LogP contribution is -2.02. The van der Waals surface area contributed by atoms with Gasteiger partial charge in [-0.1, -0.05) is 32.0 Å². The van der Waals surface area contributed by atoms with Crippen LogP contribution in [0.4, 0.5) is 0 Å². The number of ether oxygens (including phenoxy) is 2. The highest BCUT2D eigenvalue weighted by atomic mass is 16.5. The molecule has 0 heterocycles. The molecule has 3 nitrogen and oxygen atoms in total. The molecule has 0 aromatic heterocycles. The van der Waals surface area contributed by atoms with Crippen LogP contribution in [0.15, 0.2) is 42.5 Å². The van der Waals surface area contributed by atoms with Crippen molar-refractivity contribution in [1.82, 2.24) is 0 Å². The number of benzene rings is 2. The molecular formula is C18H19NO2. The summed E-state index contributed by atoms with van der Waals surface area (Å²) in [6.45, 7) is 4.65. The van der Waals surface area contributed by atoms with Gasteiger partial charge in [-0.25, -0.2) is 0 Å². The maximum atomic E-state index is 9.00. The third kappa shape index (κ3) is 3.55. The number of methoxy groups -OCH3 is 1. The van der Waals surface area contributed by atoms with Crippen LogP contribution in [-0.2, 0) is 6.61 Å². The summed E-state index contributed by atoms with van der Waals surface area (Å²) in [5, 5.41) is 9.00. The Bertz CT molecular complexity index is 657. The number of nitriles is 1. The Balaban J connectivity index is 2.22. The molecule has 0 unspecified atom stereocenters. The lowest BCUT2D eigenvalue weighted by molar-refractivity contribution is 0.293. The number of para-hydroxylation sites is 1. The van der Waals surface area contributed by atoms with E-state index in [0.717, 1.165) is 17.1 Å². The lowest BCUT2D eigenvalue weighted by atomic mass is 10.0. The maximum absolute atomic E-state index is 9.00. The van der Waals surface area contributed by atoms with Gasteiger partial charge in [-0.15, -0.1) is 0 Å². The van der Waals surface area contributed by atoms with Crippen molar-refractivity contribution < 1.29 is 9.47 Å². The van der Waals surface area contributed by atoms with Gasteiger partial charge in [0.15, 0.2) is 0 Å². The Morgan fingerprint density at radius 2 is 1.86 bits per heavy atom. The van der Waals surface area contributed by atoms with Crippen molar-refractivity contribution in [2.45, 2.75) is 26.4 Å². The smallest absolute Gasteiger partial charge is 0.125 e. The van der Waals surface area contributed by atoms with Gasteiger partial charge in [0.25, 0.3) is 0 Å². The second-order valence-electron chi connectivity index (χ2n) is 5.12. The first-order valence-corrected chi connectivity index (χ1v) is 6.94. The van der Waals surface area contributed by atoms with Gasteiger partial charge in [-0.3, -0.25) is 0 Å². The van der Waals surface area contributed by atoms with Crippen molar-refractivity contribution in [2.75, 3.05) is 7.11 Å². The van der Waals surface area contributed by atoms with E-state index in [2.05, 4.69) is 26.0 Å². The second kappa shape index (κ2) is 6.81. The number of hydrogen-bond acceptors (Lipinski definition) is 3. The predicted octanol–water partition coefficient (Wildman–Crippen LogP) is 4.27. The highest BCUT2D eigenvalue weighted by Crippen LogP contribution is 2.28. The molecule has 3 heteroatoms. The molecule has 0 fully saturated rings. The summed E-state index contributed by atoms with van der Waals surface area (Å²) in [5.41, 5.74) is 2.65. The van der Waals surface area contributed by atoms with E-state index in [9.17, 15) is 0 Å². The lowest BCUT2D eigenvalue weighted by Gasteiger charge is -2.15. The van der Waals surface area contributed by atoms with Gasteiger partial charge >= 0.3 is 0 Å². The van der Waals surface area contributed by atoms with Gasteiger partial charge in [0, 0.05) is 5.56 Å². The molecular weight excluding hydrogens is 262 g/mol. The van der Waals surface area contributed by atoms with Crippen molar-refractivity contribution in [3.05, 3.63) is 59.2 Å². The van der Waals surface area contributed by atoms with Crippen LogP contribution in [0.5, 0.6) is 11.5 Å². The minimum Gasteiger partial charge on any atom is -0.496 e. The Labute approximate surface area is 125 Å². The van der Waals surface area contributed by atoms with Gasteiger partial charge < -0.3 is 9.47 Å². The molecule has 0 saturated heterocycles. The van der Waals surface area contributed by atoms with Crippen molar-refractivity contribution in [2.24, 2.45) is 0 Å². The van der Waals surface area contributed by atoms with Gasteiger partial charge in [-0.05, 0) is 35.7 Å². The monoisotopic (exact) mass is 281 g/mol. The van der Waals surface area contributed by atoms with Crippen LogP contribution in [0.3, 0.4) is 0 Å². The third-order valence-electron chi connectivity index (χ3n) is 3.33. The Morgan fingerprint density at radius 1 is 1.10 bits per heavy atom. The molecule has 21 heavy (non-hydrogen) atoms. The fourth-order valence-corrected chi connectivity index (χ4v) is 2.21. The van der Waals surface area contributed by atoms with Gasteiger partial charge in [0.05, 0.1) is 18.7 Å². The van der Waals surface area contributed by atoms with Crippen molar-refractivity contribution in [1.29, 1.82) is 5.26 Å². The van der Waals surface area contributed by atoms with Gasteiger partial charge in [-0.2, -0.15) is 5.26 Å². The first-order valence-electron chi connectivity index (χ1n) is 6.94. The van der Waals surface area contributed by atoms with Crippen LogP contribution in [0, 0.1) is 11.3 Å².